The molecular formula is C20H16ClF3N6O4S. The molecule has 0 aliphatic rings. The van der Waals surface area contributed by atoms with E-state index in [1.165, 1.54) is 32.6 Å². The quantitative estimate of drug-likeness (QED) is 0.436. The number of aryl methyl sites for hydroxylation is 2. The van der Waals surface area contributed by atoms with Crippen LogP contribution in [0.4, 0.5) is 18.3 Å². The van der Waals surface area contributed by atoms with Crippen molar-refractivity contribution in [1.82, 2.24) is 23.3 Å². The summed E-state index contributed by atoms with van der Waals surface area (Å²) in [4.78, 5) is 54.4. The number of nitrogens with zero attached hydrogens (tertiary/aromatic N) is 5. The van der Waals surface area contributed by atoms with Crippen molar-refractivity contribution in [2.24, 2.45) is 21.1 Å². The number of alkyl halides is 3. The zero-order chi connectivity index (χ0) is 25.8. The molecule has 3 heterocycles. The van der Waals surface area contributed by atoms with E-state index in [0.29, 0.717) is 5.56 Å². The first-order valence-corrected chi connectivity index (χ1v) is 11.0. The summed E-state index contributed by atoms with van der Waals surface area (Å²) in [6.07, 6.45) is -4.59. The number of carbonyl (C=O) groups excluding carboxylic acids is 1. The van der Waals surface area contributed by atoms with E-state index < -0.39 is 46.2 Å². The van der Waals surface area contributed by atoms with Crippen molar-refractivity contribution in [2.45, 2.75) is 12.7 Å². The number of amides is 1. The van der Waals surface area contributed by atoms with Gasteiger partial charge in [-0.25, -0.2) is 14.6 Å². The smallest absolute Gasteiger partial charge is 0.300 e. The Labute approximate surface area is 202 Å². The number of hydrogen-bond acceptors (Lipinski definition) is 6. The first kappa shape index (κ1) is 24.5. The summed E-state index contributed by atoms with van der Waals surface area (Å²) in [6, 6.07) is 3.18. The highest BCUT2D eigenvalue weighted by molar-refractivity contribution is 7.14. The van der Waals surface area contributed by atoms with Crippen LogP contribution in [-0.2, 0) is 38.7 Å². The zero-order valence-electron chi connectivity index (χ0n) is 18.3. The van der Waals surface area contributed by atoms with Gasteiger partial charge in [0, 0.05) is 32.1 Å². The van der Waals surface area contributed by atoms with E-state index >= 15 is 0 Å². The average Bonchev–Trinajstić information content (AvgIpc) is 3.33. The summed E-state index contributed by atoms with van der Waals surface area (Å²) in [5.74, 6) is -0.679. The highest BCUT2D eigenvalue weighted by Gasteiger charge is 2.33. The Morgan fingerprint density at radius 2 is 1.74 bits per heavy atom. The van der Waals surface area contributed by atoms with Crippen molar-refractivity contribution in [3.63, 3.8) is 0 Å². The third kappa shape index (κ3) is 4.18. The maximum atomic E-state index is 12.9. The average molecular weight is 529 g/mol. The Kier molecular flexibility index (Phi) is 5.97. The lowest BCUT2D eigenvalue weighted by molar-refractivity contribution is -0.137. The lowest BCUT2D eigenvalue weighted by Gasteiger charge is -2.09. The predicted octanol–water partition coefficient (Wildman–Crippen LogP) is 2.17. The summed E-state index contributed by atoms with van der Waals surface area (Å²) in [5.41, 5.74) is -2.46. The van der Waals surface area contributed by atoms with E-state index in [9.17, 15) is 32.3 Å². The molecule has 0 aliphatic heterocycles. The fraction of sp³-hybridized carbons (Fsp3) is 0.250. The minimum Gasteiger partial charge on any atom is -0.300 e. The first-order valence-electron chi connectivity index (χ1n) is 9.79. The molecule has 35 heavy (non-hydrogen) atoms. The van der Waals surface area contributed by atoms with Crippen LogP contribution in [0.15, 0.2) is 38.0 Å². The Morgan fingerprint density at radius 3 is 2.37 bits per heavy atom. The number of aromatic nitrogens is 5. The lowest BCUT2D eigenvalue weighted by atomic mass is 10.1. The fourth-order valence-corrected chi connectivity index (χ4v) is 4.64. The second-order valence-electron chi connectivity index (χ2n) is 7.58. The SMILES string of the molecule is Cn1c(=O)c2c(n(C)c1=O)n(C)c(=O)n2CC(=O)Nc1nc(-c2ccc(C(F)(F)F)c(Cl)c2)cs1. The standard InChI is InChI=1S/C20H16ClF3N6O4S/c1-27-15-14(16(32)29(3)18(27)33)30(19(34)28(15)2)7-13(31)26-17-25-12(8-35-17)9-4-5-10(11(21)6-9)20(22,23)24/h4-6,8H,7H2,1-3H3,(H,25,26,31). The largest absolute Gasteiger partial charge is 0.417 e. The van der Waals surface area contributed by atoms with Crippen molar-refractivity contribution in [3.05, 3.63) is 65.5 Å². The maximum Gasteiger partial charge on any atom is 0.417 e. The molecule has 4 aromatic rings. The van der Waals surface area contributed by atoms with E-state index in [4.69, 9.17) is 11.6 Å². The van der Waals surface area contributed by atoms with Gasteiger partial charge < -0.3 is 5.32 Å². The van der Waals surface area contributed by atoms with Gasteiger partial charge in [-0.3, -0.25) is 27.9 Å². The molecule has 0 aliphatic carbocycles. The number of anilines is 1. The van der Waals surface area contributed by atoms with Crippen LogP contribution in [-0.4, -0.2) is 29.2 Å². The monoisotopic (exact) mass is 528 g/mol. The van der Waals surface area contributed by atoms with Crippen molar-refractivity contribution in [1.29, 1.82) is 0 Å². The second kappa shape index (κ2) is 8.53. The molecule has 0 saturated heterocycles. The number of hydrogen-bond donors (Lipinski definition) is 1. The molecule has 15 heteroatoms. The van der Waals surface area contributed by atoms with Crippen LogP contribution < -0.4 is 22.3 Å². The molecule has 1 amide bonds. The van der Waals surface area contributed by atoms with Crippen molar-refractivity contribution in [2.75, 3.05) is 5.32 Å². The normalized spacial score (nSPS) is 11.9. The van der Waals surface area contributed by atoms with E-state index in [0.717, 1.165) is 41.7 Å². The lowest BCUT2D eigenvalue weighted by Crippen LogP contribution is -2.38. The molecule has 1 N–H and O–H groups in total. The molecule has 0 atom stereocenters. The molecule has 0 saturated carbocycles. The van der Waals surface area contributed by atoms with Crippen LogP contribution in [0.3, 0.4) is 0 Å². The van der Waals surface area contributed by atoms with Crippen LogP contribution in [0.1, 0.15) is 5.56 Å². The highest BCUT2D eigenvalue weighted by atomic mass is 35.5. The molecular weight excluding hydrogens is 513 g/mol. The third-order valence-electron chi connectivity index (χ3n) is 5.34. The number of halogens is 4. The van der Waals surface area contributed by atoms with Crippen molar-refractivity contribution < 1.29 is 18.0 Å². The minimum atomic E-state index is -4.59. The predicted molar refractivity (Wildman–Crippen MR) is 124 cm³/mol. The zero-order valence-corrected chi connectivity index (χ0v) is 19.9. The molecule has 184 valence electrons. The summed E-state index contributed by atoms with van der Waals surface area (Å²) < 4.78 is 42.8. The van der Waals surface area contributed by atoms with Crippen LogP contribution in [0.25, 0.3) is 22.4 Å². The van der Waals surface area contributed by atoms with Crippen LogP contribution >= 0.6 is 22.9 Å². The summed E-state index contributed by atoms with van der Waals surface area (Å²) >= 11 is 6.77. The second-order valence-corrected chi connectivity index (χ2v) is 8.85. The molecule has 0 unspecified atom stereocenters. The molecule has 0 bridgehead atoms. The van der Waals surface area contributed by atoms with Crippen molar-refractivity contribution >= 4 is 45.1 Å². The minimum absolute atomic E-state index is 0.0617. The van der Waals surface area contributed by atoms with Gasteiger partial charge in [0.1, 0.15) is 6.54 Å². The van der Waals surface area contributed by atoms with Gasteiger partial charge in [0.2, 0.25) is 5.91 Å². The molecule has 3 aromatic heterocycles. The summed E-state index contributed by atoms with van der Waals surface area (Å²) in [6.45, 7) is -0.537. The fourth-order valence-electron chi connectivity index (χ4n) is 3.62. The topological polar surface area (TPSA) is 113 Å². The molecule has 0 spiro atoms. The van der Waals surface area contributed by atoms with Crippen molar-refractivity contribution in [3.8, 4) is 11.3 Å². The van der Waals surface area contributed by atoms with E-state index in [1.807, 2.05) is 0 Å². The maximum absolute atomic E-state index is 12.9. The summed E-state index contributed by atoms with van der Waals surface area (Å²) in [5, 5.41) is 3.65. The first-order chi connectivity index (χ1) is 16.3. The molecule has 0 fully saturated rings. The number of nitrogens with one attached hydrogen (secondary N) is 1. The molecule has 10 nitrogen and oxygen atoms in total. The molecule has 0 radical (unpaired) electrons. The van der Waals surface area contributed by atoms with Gasteiger partial charge in [0.05, 0.1) is 16.3 Å². The molecule has 4 rings (SSSR count). The Hall–Kier alpha value is -3.65. The Morgan fingerprint density at radius 1 is 1.09 bits per heavy atom. The van der Waals surface area contributed by atoms with E-state index in [1.54, 1.807) is 0 Å². The number of fused-ring (bicyclic) bond motifs is 1. The van der Waals surface area contributed by atoms with Gasteiger partial charge in [0.25, 0.3) is 5.56 Å². The molecule has 1 aromatic carbocycles. The van der Waals surface area contributed by atoms with Gasteiger partial charge in [-0.1, -0.05) is 17.7 Å². The Bertz CT molecular complexity index is 1680. The number of imidazole rings is 1. The number of thiazole rings is 1. The Balaban J connectivity index is 1.61. The van der Waals surface area contributed by atoms with Gasteiger partial charge in [-0.2, -0.15) is 13.2 Å². The summed E-state index contributed by atoms with van der Waals surface area (Å²) in [7, 11) is 4.04. The number of rotatable bonds is 4. The van der Waals surface area contributed by atoms with Gasteiger partial charge in [-0.05, 0) is 12.1 Å². The van der Waals surface area contributed by atoms with E-state index in [-0.39, 0.29) is 22.0 Å². The van der Waals surface area contributed by atoms with Crippen LogP contribution in [0.5, 0.6) is 0 Å². The number of benzene rings is 1. The van der Waals surface area contributed by atoms with E-state index in [2.05, 4.69) is 10.3 Å². The third-order valence-corrected chi connectivity index (χ3v) is 6.41. The van der Waals surface area contributed by atoms with Crippen LogP contribution in [0.2, 0.25) is 5.02 Å². The highest BCUT2D eigenvalue weighted by Crippen LogP contribution is 2.37. The van der Waals surface area contributed by atoms with Gasteiger partial charge in [-0.15, -0.1) is 11.3 Å². The van der Waals surface area contributed by atoms with Gasteiger partial charge >= 0.3 is 17.6 Å². The van der Waals surface area contributed by atoms with Gasteiger partial charge in [0.15, 0.2) is 16.3 Å². The van der Waals surface area contributed by atoms with Crippen LogP contribution in [0, 0.1) is 0 Å². The number of carbonyl (C=O) groups is 1.